The molecule has 0 heterocycles. The summed E-state index contributed by atoms with van der Waals surface area (Å²) >= 11 is 0. The number of esters is 2. The molecule has 0 aromatic rings. The van der Waals surface area contributed by atoms with Crippen LogP contribution in [0.4, 0.5) is 0 Å². The van der Waals surface area contributed by atoms with Crippen molar-refractivity contribution < 1.29 is 28.5 Å². The molecular formula is C18H34O6. The van der Waals surface area contributed by atoms with E-state index >= 15 is 0 Å². The van der Waals surface area contributed by atoms with Gasteiger partial charge in [-0.2, -0.15) is 0 Å². The van der Waals surface area contributed by atoms with E-state index in [1.165, 1.54) is 0 Å². The summed E-state index contributed by atoms with van der Waals surface area (Å²) in [6.07, 6.45) is 1.33. The molecule has 4 atom stereocenters. The van der Waals surface area contributed by atoms with Crippen molar-refractivity contribution in [2.75, 3.05) is 27.4 Å². The summed E-state index contributed by atoms with van der Waals surface area (Å²) in [5.74, 6) is -0.322. The molecule has 6 nitrogen and oxygen atoms in total. The predicted octanol–water partition coefficient (Wildman–Crippen LogP) is 2.98. The normalized spacial score (nSPS) is 16.1. The van der Waals surface area contributed by atoms with Crippen LogP contribution in [0.15, 0.2) is 0 Å². The molecule has 0 radical (unpaired) electrons. The van der Waals surface area contributed by atoms with Gasteiger partial charge in [0, 0.05) is 27.4 Å². The van der Waals surface area contributed by atoms with Crippen LogP contribution >= 0.6 is 0 Å². The fraction of sp³-hybridized carbons (Fsp3) is 0.889. The molecule has 0 aliphatic carbocycles. The Hall–Kier alpha value is -1.14. The number of ether oxygens (including phenoxy) is 4. The highest BCUT2D eigenvalue weighted by atomic mass is 16.6. The fourth-order valence-corrected chi connectivity index (χ4v) is 2.05. The molecule has 6 heteroatoms. The topological polar surface area (TPSA) is 71.1 Å². The van der Waals surface area contributed by atoms with Crippen molar-refractivity contribution in [1.82, 2.24) is 0 Å². The van der Waals surface area contributed by atoms with Gasteiger partial charge in [0.15, 0.2) is 0 Å². The third kappa shape index (κ3) is 10.6. The van der Waals surface area contributed by atoms with Gasteiger partial charge < -0.3 is 18.9 Å². The summed E-state index contributed by atoms with van der Waals surface area (Å²) in [6.45, 7) is 9.00. The Bertz CT molecular complexity index is 323. The van der Waals surface area contributed by atoms with Crippen molar-refractivity contribution in [2.45, 2.75) is 65.6 Å². The van der Waals surface area contributed by atoms with Crippen molar-refractivity contribution >= 4 is 11.9 Å². The Kier molecular flexibility index (Phi) is 12.6. The minimum Gasteiger partial charge on any atom is -0.462 e. The summed E-state index contributed by atoms with van der Waals surface area (Å²) in [4.78, 5) is 23.6. The highest BCUT2D eigenvalue weighted by Gasteiger charge is 2.20. The Labute approximate surface area is 146 Å². The van der Waals surface area contributed by atoms with E-state index in [0.717, 1.165) is 12.8 Å². The molecule has 0 aromatic heterocycles. The molecule has 0 aliphatic heterocycles. The molecule has 0 aliphatic rings. The highest BCUT2D eigenvalue weighted by molar-refractivity contribution is 5.77. The van der Waals surface area contributed by atoms with E-state index in [2.05, 4.69) is 0 Å². The third-order valence-electron chi connectivity index (χ3n) is 4.33. The summed E-state index contributed by atoms with van der Waals surface area (Å²) in [6, 6.07) is 0. The maximum atomic E-state index is 11.8. The maximum absolute atomic E-state index is 11.8. The van der Waals surface area contributed by atoms with Crippen LogP contribution in [0, 0.1) is 11.8 Å². The lowest BCUT2D eigenvalue weighted by molar-refractivity contribution is -0.157. The van der Waals surface area contributed by atoms with E-state index in [4.69, 9.17) is 18.9 Å². The van der Waals surface area contributed by atoms with Gasteiger partial charge >= 0.3 is 11.9 Å². The molecule has 0 amide bonds. The van der Waals surface area contributed by atoms with Gasteiger partial charge in [0.2, 0.25) is 0 Å². The quantitative estimate of drug-likeness (QED) is 0.478. The largest absolute Gasteiger partial charge is 0.462 e. The summed E-state index contributed by atoms with van der Waals surface area (Å²) < 4.78 is 20.7. The van der Waals surface area contributed by atoms with E-state index in [0.29, 0.717) is 13.2 Å². The Balaban J connectivity index is 4.02. The second-order valence-electron chi connectivity index (χ2n) is 6.41. The Morgan fingerprint density at radius 3 is 1.33 bits per heavy atom. The first-order valence-electron chi connectivity index (χ1n) is 8.68. The molecule has 0 saturated heterocycles. The third-order valence-corrected chi connectivity index (χ3v) is 4.33. The minimum atomic E-state index is -0.371. The van der Waals surface area contributed by atoms with Crippen LogP contribution in [-0.2, 0) is 28.5 Å². The van der Waals surface area contributed by atoms with Crippen molar-refractivity contribution in [1.29, 1.82) is 0 Å². The van der Waals surface area contributed by atoms with Crippen LogP contribution in [0.5, 0.6) is 0 Å². The monoisotopic (exact) mass is 346 g/mol. The second kappa shape index (κ2) is 13.2. The second-order valence-corrected chi connectivity index (χ2v) is 6.41. The highest BCUT2D eigenvalue weighted by Crippen LogP contribution is 2.14. The number of carbonyl (C=O) groups is 2. The average molecular weight is 346 g/mol. The molecule has 0 saturated carbocycles. The number of methoxy groups -OCH3 is 2. The van der Waals surface area contributed by atoms with Gasteiger partial charge in [-0.3, -0.25) is 9.59 Å². The Morgan fingerprint density at radius 2 is 1.04 bits per heavy atom. The summed E-state index contributed by atoms with van der Waals surface area (Å²) in [5, 5.41) is 0. The predicted molar refractivity (Wildman–Crippen MR) is 91.7 cm³/mol. The zero-order chi connectivity index (χ0) is 18.5. The van der Waals surface area contributed by atoms with Crippen LogP contribution in [0.2, 0.25) is 0 Å². The first-order valence-corrected chi connectivity index (χ1v) is 8.68. The van der Waals surface area contributed by atoms with Gasteiger partial charge in [-0.05, 0) is 38.5 Å². The van der Waals surface area contributed by atoms with E-state index < -0.39 is 0 Å². The zero-order valence-corrected chi connectivity index (χ0v) is 16.0. The lowest BCUT2D eigenvalue weighted by atomic mass is 10.0. The number of rotatable bonds is 13. The fourth-order valence-electron chi connectivity index (χ4n) is 2.05. The van der Waals surface area contributed by atoms with Gasteiger partial charge in [-0.1, -0.05) is 13.8 Å². The van der Waals surface area contributed by atoms with Crippen LogP contribution in [0.1, 0.15) is 53.4 Å². The van der Waals surface area contributed by atoms with E-state index in [1.807, 2.05) is 27.7 Å². The molecule has 0 bridgehead atoms. The standard InChI is InChI=1S/C18H34O6/c1-13(9-11-21-5)15(3)23-17(19)7-8-18(20)24-16(4)14(2)10-12-22-6/h13-16H,7-12H2,1-6H3. The van der Waals surface area contributed by atoms with Crippen molar-refractivity contribution in [3.05, 3.63) is 0 Å². The van der Waals surface area contributed by atoms with Crippen molar-refractivity contribution in [3.8, 4) is 0 Å². The number of hydrogen-bond acceptors (Lipinski definition) is 6. The molecule has 4 unspecified atom stereocenters. The van der Waals surface area contributed by atoms with Crippen LogP contribution < -0.4 is 0 Å². The van der Waals surface area contributed by atoms with Gasteiger partial charge in [0.25, 0.3) is 0 Å². The van der Waals surface area contributed by atoms with E-state index in [1.54, 1.807) is 14.2 Å². The average Bonchev–Trinajstić information content (AvgIpc) is 2.55. The molecule has 0 aromatic carbocycles. The smallest absolute Gasteiger partial charge is 0.306 e. The molecule has 0 fully saturated rings. The lowest BCUT2D eigenvalue weighted by Gasteiger charge is -2.21. The molecule has 0 spiro atoms. The SMILES string of the molecule is COCCC(C)C(C)OC(=O)CCC(=O)OC(C)C(C)CCOC. The van der Waals surface area contributed by atoms with E-state index in [-0.39, 0.29) is 48.8 Å². The van der Waals surface area contributed by atoms with Crippen LogP contribution in [-0.4, -0.2) is 51.6 Å². The number of carbonyl (C=O) groups excluding carboxylic acids is 2. The first kappa shape index (κ1) is 22.9. The van der Waals surface area contributed by atoms with Crippen LogP contribution in [0.25, 0.3) is 0 Å². The van der Waals surface area contributed by atoms with E-state index in [9.17, 15) is 9.59 Å². The molecule has 0 rings (SSSR count). The van der Waals surface area contributed by atoms with Crippen LogP contribution in [0.3, 0.4) is 0 Å². The van der Waals surface area contributed by atoms with Gasteiger partial charge in [0.05, 0.1) is 12.8 Å². The Morgan fingerprint density at radius 1 is 0.708 bits per heavy atom. The first-order chi connectivity index (χ1) is 11.3. The van der Waals surface area contributed by atoms with Crippen molar-refractivity contribution in [3.63, 3.8) is 0 Å². The molecule has 24 heavy (non-hydrogen) atoms. The maximum Gasteiger partial charge on any atom is 0.306 e. The van der Waals surface area contributed by atoms with Gasteiger partial charge in [-0.15, -0.1) is 0 Å². The molecule has 142 valence electrons. The summed E-state index contributed by atoms with van der Waals surface area (Å²) in [5.41, 5.74) is 0. The molecule has 0 N–H and O–H groups in total. The van der Waals surface area contributed by atoms with Gasteiger partial charge in [-0.25, -0.2) is 0 Å². The lowest BCUT2D eigenvalue weighted by Crippen LogP contribution is -2.25. The summed E-state index contributed by atoms with van der Waals surface area (Å²) in [7, 11) is 3.29. The number of hydrogen-bond donors (Lipinski definition) is 0. The zero-order valence-electron chi connectivity index (χ0n) is 16.0. The van der Waals surface area contributed by atoms with Gasteiger partial charge in [0.1, 0.15) is 12.2 Å². The molecular weight excluding hydrogens is 312 g/mol. The van der Waals surface area contributed by atoms with Crippen molar-refractivity contribution in [2.24, 2.45) is 11.8 Å². The minimum absolute atomic E-state index is 0.0410.